The fourth-order valence-corrected chi connectivity index (χ4v) is 3.79. The number of nitrogens with zero attached hydrogens (tertiary/aromatic N) is 3. The Bertz CT molecular complexity index is 1000. The number of nitrogens with one attached hydrogen (secondary N) is 1. The summed E-state index contributed by atoms with van der Waals surface area (Å²) in [5.41, 5.74) is 1.83. The zero-order valence-corrected chi connectivity index (χ0v) is 20.3. The van der Waals surface area contributed by atoms with E-state index in [1.54, 1.807) is 12.1 Å². The zero-order chi connectivity index (χ0) is 23.3. The number of halogens is 2. The van der Waals surface area contributed by atoms with Crippen LogP contribution in [0.1, 0.15) is 12.0 Å². The first-order valence-electron chi connectivity index (χ1n) is 10.3. The van der Waals surface area contributed by atoms with Gasteiger partial charge in [0.1, 0.15) is 5.82 Å². The van der Waals surface area contributed by atoms with Gasteiger partial charge in [0.15, 0.2) is 0 Å². The summed E-state index contributed by atoms with van der Waals surface area (Å²) in [5, 5.41) is 12.7. The van der Waals surface area contributed by atoms with Crippen molar-refractivity contribution in [1.29, 1.82) is 0 Å². The third kappa shape index (κ3) is 8.74. The van der Waals surface area contributed by atoms with E-state index in [4.69, 9.17) is 16.7 Å². The highest BCUT2D eigenvalue weighted by Crippen LogP contribution is 2.20. The van der Waals surface area contributed by atoms with Gasteiger partial charge in [-0.25, -0.2) is 14.4 Å². The van der Waals surface area contributed by atoms with E-state index >= 15 is 0 Å². The molecule has 33 heavy (non-hydrogen) atoms. The number of hydrazone groups is 1. The van der Waals surface area contributed by atoms with E-state index < -0.39 is 0 Å². The van der Waals surface area contributed by atoms with Gasteiger partial charge < -0.3 is 0 Å². The van der Waals surface area contributed by atoms with Crippen LogP contribution >= 0.6 is 35.5 Å². The SMILES string of the molecule is NSCCN=C(NSc1ccc(Cl)cc1)N1CCC(c2ccc(F)cc2)=N1.c1ccccc1. The molecule has 0 aliphatic carbocycles. The molecule has 9 heteroatoms. The Morgan fingerprint density at radius 2 is 1.67 bits per heavy atom. The first-order chi connectivity index (χ1) is 16.2. The fourth-order valence-electron chi connectivity index (χ4n) is 2.82. The number of rotatable bonds is 6. The van der Waals surface area contributed by atoms with Gasteiger partial charge in [-0.2, -0.15) is 5.10 Å². The lowest BCUT2D eigenvalue weighted by Crippen LogP contribution is -2.33. The van der Waals surface area contributed by atoms with Crippen molar-refractivity contribution < 1.29 is 4.39 Å². The topological polar surface area (TPSA) is 66.0 Å². The second-order valence-electron chi connectivity index (χ2n) is 6.82. The summed E-state index contributed by atoms with van der Waals surface area (Å²) < 4.78 is 16.4. The highest BCUT2D eigenvalue weighted by atomic mass is 35.5. The van der Waals surface area contributed by atoms with Crippen molar-refractivity contribution in [3.8, 4) is 0 Å². The second-order valence-corrected chi connectivity index (χ2v) is 8.87. The monoisotopic (exact) mass is 501 g/mol. The van der Waals surface area contributed by atoms with Crippen molar-refractivity contribution in [3.63, 3.8) is 0 Å². The Hall–Kier alpha value is -2.52. The van der Waals surface area contributed by atoms with Crippen LogP contribution in [-0.2, 0) is 0 Å². The molecule has 0 saturated carbocycles. The Morgan fingerprint density at radius 3 is 2.27 bits per heavy atom. The fraction of sp³-hybridized carbons (Fsp3) is 0.167. The van der Waals surface area contributed by atoms with Crippen molar-refractivity contribution in [2.45, 2.75) is 11.3 Å². The number of aliphatic imine (C=N–C) groups is 1. The molecule has 1 aliphatic heterocycles. The Labute approximate surface area is 207 Å². The lowest BCUT2D eigenvalue weighted by Gasteiger charge is -2.17. The largest absolute Gasteiger partial charge is 0.295 e. The van der Waals surface area contributed by atoms with Crippen LogP contribution in [0.5, 0.6) is 0 Å². The highest BCUT2D eigenvalue weighted by molar-refractivity contribution is 7.98. The molecule has 0 unspecified atom stereocenters. The molecular formula is C24H25ClFN5S2. The van der Waals surface area contributed by atoms with Gasteiger partial charge in [-0.15, -0.1) is 0 Å². The molecule has 0 atom stereocenters. The number of hydrogen-bond acceptors (Lipinski definition) is 5. The van der Waals surface area contributed by atoms with E-state index in [-0.39, 0.29) is 5.82 Å². The maximum Gasteiger partial charge on any atom is 0.225 e. The van der Waals surface area contributed by atoms with Crippen LogP contribution in [0, 0.1) is 5.82 Å². The Balaban J connectivity index is 0.000000442. The van der Waals surface area contributed by atoms with E-state index in [2.05, 4.69) is 14.8 Å². The minimum absolute atomic E-state index is 0.253. The van der Waals surface area contributed by atoms with Crippen LogP contribution in [0.2, 0.25) is 5.02 Å². The average Bonchev–Trinajstić information content (AvgIpc) is 3.34. The van der Waals surface area contributed by atoms with Crippen molar-refractivity contribution >= 4 is 47.2 Å². The second kappa shape index (κ2) is 13.9. The van der Waals surface area contributed by atoms with Crippen LogP contribution in [0.25, 0.3) is 0 Å². The minimum Gasteiger partial charge on any atom is -0.295 e. The molecule has 172 valence electrons. The molecule has 3 aromatic carbocycles. The van der Waals surface area contributed by atoms with Gasteiger partial charge in [0, 0.05) is 22.1 Å². The highest BCUT2D eigenvalue weighted by Gasteiger charge is 2.20. The standard InChI is InChI=1S/C18H19ClFN5S2.C6H6/c19-14-3-7-16(8-4-14)27-24-18(22-10-12-26-21)25-11-9-17(23-25)13-1-5-15(20)6-2-13;1-2-4-6-5-3-1/h1-8H,9-12,21H2,(H,22,24);1-6H. The summed E-state index contributed by atoms with van der Waals surface area (Å²) in [7, 11) is 0. The lowest BCUT2D eigenvalue weighted by molar-refractivity contribution is 0.479. The maximum absolute atomic E-state index is 13.1. The van der Waals surface area contributed by atoms with Crippen molar-refractivity contribution in [3.05, 3.63) is 101 Å². The quantitative estimate of drug-likeness (QED) is 0.192. The summed E-state index contributed by atoms with van der Waals surface area (Å²) in [6.07, 6.45) is 0.767. The van der Waals surface area contributed by atoms with Gasteiger partial charge in [0.25, 0.3) is 0 Å². The lowest BCUT2D eigenvalue weighted by atomic mass is 10.1. The smallest absolute Gasteiger partial charge is 0.225 e. The third-order valence-electron chi connectivity index (χ3n) is 4.43. The van der Waals surface area contributed by atoms with E-state index in [1.165, 1.54) is 36.0 Å². The van der Waals surface area contributed by atoms with Crippen LogP contribution < -0.4 is 9.86 Å². The average molecular weight is 502 g/mol. The summed E-state index contributed by atoms with van der Waals surface area (Å²) in [6, 6.07) is 25.9. The molecule has 0 saturated heterocycles. The van der Waals surface area contributed by atoms with E-state index in [0.717, 1.165) is 28.3 Å². The molecule has 1 aliphatic rings. The normalized spacial score (nSPS) is 13.2. The predicted octanol–water partition coefficient (Wildman–Crippen LogP) is 5.84. The van der Waals surface area contributed by atoms with Crippen molar-refractivity contribution in [1.82, 2.24) is 9.73 Å². The molecule has 0 amide bonds. The molecule has 3 aromatic rings. The maximum atomic E-state index is 13.1. The number of nitrogens with two attached hydrogens (primary N) is 1. The van der Waals surface area contributed by atoms with Gasteiger partial charge in [0.05, 0.1) is 18.8 Å². The molecule has 4 rings (SSSR count). The number of hydrogen-bond donors (Lipinski definition) is 2. The summed E-state index contributed by atoms with van der Waals surface area (Å²) >= 11 is 8.63. The van der Waals surface area contributed by atoms with E-state index in [1.807, 2.05) is 65.7 Å². The van der Waals surface area contributed by atoms with Crippen LogP contribution in [0.15, 0.2) is 99.9 Å². The van der Waals surface area contributed by atoms with Gasteiger partial charge in [-0.1, -0.05) is 72.1 Å². The minimum atomic E-state index is -0.253. The zero-order valence-electron chi connectivity index (χ0n) is 17.9. The third-order valence-corrected chi connectivity index (χ3v) is 5.90. The van der Waals surface area contributed by atoms with Gasteiger partial charge >= 0.3 is 0 Å². The van der Waals surface area contributed by atoms with Gasteiger partial charge in [-0.05, 0) is 53.9 Å². The molecular weight excluding hydrogens is 477 g/mol. The number of guanidine groups is 1. The molecule has 0 spiro atoms. The first kappa shape index (κ1) is 25.1. The Morgan fingerprint density at radius 1 is 1.03 bits per heavy atom. The number of benzene rings is 3. The first-order valence-corrected chi connectivity index (χ1v) is 12.6. The van der Waals surface area contributed by atoms with Crippen LogP contribution in [-0.4, -0.2) is 35.5 Å². The summed E-state index contributed by atoms with van der Waals surface area (Å²) in [6.45, 7) is 1.29. The van der Waals surface area contributed by atoms with Crippen molar-refractivity contribution in [2.75, 3.05) is 18.8 Å². The van der Waals surface area contributed by atoms with Gasteiger partial charge in [0.2, 0.25) is 5.96 Å². The Kier molecular flexibility index (Phi) is 10.6. The molecule has 0 aromatic heterocycles. The van der Waals surface area contributed by atoms with Gasteiger partial charge in [-0.3, -0.25) is 9.86 Å². The molecule has 3 N–H and O–H groups in total. The van der Waals surface area contributed by atoms with Crippen molar-refractivity contribution in [2.24, 2.45) is 15.2 Å². The molecule has 1 heterocycles. The van der Waals surface area contributed by atoms with Crippen LogP contribution in [0.4, 0.5) is 4.39 Å². The summed E-state index contributed by atoms with van der Waals surface area (Å²) in [4.78, 5) is 5.60. The van der Waals surface area contributed by atoms with E-state index in [9.17, 15) is 4.39 Å². The van der Waals surface area contributed by atoms with E-state index in [0.29, 0.717) is 24.1 Å². The molecule has 5 nitrogen and oxygen atoms in total. The molecule has 0 radical (unpaired) electrons. The van der Waals surface area contributed by atoms with Crippen LogP contribution in [0.3, 0.4) is 0 Å². The molecule has 0 fully saturated rings. The predicted molar refractivity (Wildman–Crippen MR) is 140 cm³/mol. The molecule has 0 bridgehead atoms. The summed E-state index contributed by atoms with van der Waals surface area (Å²) in [5.74, 6) is 1.14.